The van der Waals surface area contributed by atoms with Crippen LogP contribution in [-0.2, 0) is 14.8 Å². The van der Waals surface area contributed by atoms with Crippen LogP contribution < -0.4 is 5.32 Å². The van der Waals surface area contributed by atoms with E-state index in [-0.39, 0.29) is 10.8 Å². The van der Waals surface area contributed by atoms with Gasteiger partial charge in [-0.15, -0.1) is 0 Å². The van der Waals surface area contributed by atoms with E-state index in [1.165, 1.54) is 6.42 Å². The van der Waals surface area contributed by atoms with Crippen LogP contribution in [0.2, 0.25) is 0 Å². The van der Waals surface area contributed by atoms with Crippen LogP contribution >= 0.6 is 0 Å². The van der Waals surface area contributed by atoms with Gasteiger partial charge in [-0.05, 0) is 57.0 Å². The Bertz CT molecular complexity index is 693. The Morgan fingerprint density at radius 1 is 0.960 bits per heavy atom. The van der Waals surface area contributed by atoms with Crippen molar-refractivity contribution in [2.24, 2.45) is 0 Å². The number of amides is 1. The average molecular weight is 365 g/mol. The van der Waals surface area contributed by atoms with Crippen molar-refractivity contribution in [1.29, 1.82) is 0 Å². The van der Waals surface area contributed by atoms with Crippen LogP contribution in [-0.4, -0.2) is 56.3 Å². The van der Waals surface area contributed by atoms with Gasteiger partial charge in [-0.2, -0.15) is 4.31 Å². The lowest BCUT2D eigenvalue weighted by atomic mass is 10.1. The molecular weight excluding hydrogens is 338 g/mol. The number of hydrogen-bond acceptors (Lipinski definition) is 4. The Kier molecular flexibility index (Phi) is 6.09. The zero-order chi connectivity index (χ0) is 17.7. The van der Waals surface area contributed by atoms with Crippen molar-refractivity contribution in [3.8, 4) is 0 Å². The number of rotatable bonds is 5. The standard InChI is InChI=1S/C18H27N3O3S/c22-18(15-20-10-3-1-4-11-20)19-16-8-7-9-17(14-16)25(23,24)21-12-5-2-6-13-21/h7-9,14H,1-6,10-13,15H2,(H,19,22). The van der Waals surface area contributed by atoms with Crippen LogP contribution in [0.25, 0.3) is 0 Å². The van der Waals surface area contributed by atoms with E-state index in [0.717, 1.165) is 45.2 Å². The van der Waals surface area contributed by atoms with Gasteiger partial charge in [0.2, 0.25) is 15.9 Å². The summed E-state index contributed by atoms with van der Waals surface area (Å²) in [5.41, 5.74) is 0.542. The molecule has 25 heavy (non-hydrogen) atoms. The number of carbonyl (C=O) groups is 1. The van der Waals surface area contributed by atoms with Crippen molar-refractivity contribution in [2.75, 3.05) is 38.0 Å². The van der Waals surface area contributed by atoms with E-state index in [4.69, 9.17) is 0 Å². The molecule has 0 aromatic heterocycles. The first-order valence-electron chi connectivity index (χ1n) is 9.18. The van der Waals surface area contributed by atoms with Gasteiger partial charge in [-0.3, -0.25) is 9.69 Å². The van der Waals surface area contributed by atoms with Gasteiger partial charge < -0.3 is 5.32 Å². The summed E-state index contributed by atoms with van der Waals surface area (Å²) >= 11 is 0. The molecule has 1 amide bonds. The summed E-state index contributed by atoms with van der Waals surface area (Å²) in [6.07, 6.45) is 6.40. The summed E-state index contributed by atoms with van der Waals surface area (Å²) in [7, 11) is -3.48. The zero-order valence-electron chi connectivity index (χ0n) is 14.6. The minimum Gasteiger partial charge on any atom is -0.325 e. The molecule has 2 saturated heterocycles. The SMILES string of the molecule is O=C(CN1CCCCC1)Nc1cccc(S(=O)(=O)N2CCCCC2)c1. The normalized spacial score (nSPS) is 20.3. The van der Waals surface area contributed by atoms with Gasteiger partial charge in [-0.1, -0.05) is 18.9 Å². The van der Waals surface area contributed by atoms with Crippen molar-refractivity contribution in [3.63, 3.8) is 0 Å². The minimum atomic E-state index is -3.48. The Morgan fingerprint density at radius 3 is 2.28 bits per heavy atom. The van der Waals surface area contributed by atoms with Crippen molar-refractivity contribution < 1.29 is 13.2 Å². The summed E-state index contributed by atoms with van der Waals surface area (Å²) in [5, 5.41) is 2.84. The summed E-state index contributed by atoms with van der Waals surface area (Å²) in [5.74, 6) is -0.0885. The molecule has 0 saturated carbocycles. The van der Waals surface area contributed by atoms with E-state index in [9.17, 15) is 13.2 Å². The van der Waals surface area contributed by atoms with Gasteiger partial charge in [0, 0.05) is 18.8 Å². The van der Waals surface area contributed by atoms with Crippen LogP contribution in [0.3, 0.4) is 0 Å². The van der Waals surface area contributed by atoms with Gasteiger partial charge in [0.15, 0.2) is 0 Å². The molecule has 2 aliphatic rings. The van der Waals surface area contributed by atoms with Crippen molar-refractivity contribution in [3.05, 3.63) is 24.3 Å². The van der Waals surface area contributed by atoms with Gasteiger partial charge in [0.1, 0.15) is 0 Å². The molecule has 1 aromatic rings. The van der Waals surface area contributed by atoms with E-state index in [2.05, 4.69) is 10.2 Å². The average Bonchev–Trinajstić information content (AvgIpc) is 2.63. The zero-order valence-corrected chi connectivity index (χ0v) is 15.4. The Hall–Kier alpha value is -1.44. The summed E-state index contributed by atoms with van der Waals surface area (Å²) in [6, 6.07) is 6.60. The number of piperidine rings is 2. The highest BCUT2D eigenvalue weighted by Gasteiger charge is 2.26. The quantitative estimate of drug-likeness (QED) is 0.869. The molecule has 1 aromatic carbocycles. The Labute approximate surface area is 150 Å². The number of anilines is 1. The molecule has 2 aliphatic heterocycles. The molecule has 0 bridgehead atoms. The monoisotopic (exact) mass is 365 g/mol. The number of benzene rings is 1. The molecule has 2 fully saturated rings. The molecule has 6 nitrogen and oxygen atoms in total. The molecule has 0 radical (unpaired) electrons. The van der Waals surface area contributed by atoms with Crippen LogP contribution in [0.1, 0.15) is 38.5 Å². The maximum Gasteiger partial charge on any atom is 0.243 e. The number of hydrogen-bond donors (Lipinski definition) is 1. The lowest BCUT2D eigenvalue weighted by Gasteiger charge is -2.26. The molecular formula is C18H27N3O3S. The second-order valence-corrected chi connectivity index (χ2v) is 8.82. The maximum absolute atomic E-state index is 12.7. The van der Waals surface area contributed by atoms with E-state index in [1.807, 2.05) is 0 Å². The van der Waals surface area contributed by atoms with E-state index in [1.54, 1.807) is 28.6 Å². The largest absolute Gasteiger partial charge is 0.325 e. The van der Waals surface area contributed by atoms with Crippen LogP contribution in [0.4, 0.5) is 5.69 Å². The molecule has 3 rings (SSSR count). The molecule has 2 heterocycles. The fourth-order valence-electron chi connectivity index (χ4n) is 3.51. The van der Waals surface area contributed by atoms with E-state index < -0.39 is 10.0 Å². The number of likely N-dealkylation sites (tertiary alicyclic amines) is 1. The summed E-state index contributed by atoms with van der Waals surface area (Å²) in [4.78, 5) is 14.6. The fourth-order valence-corrected chi connectivity index (χ4v) is 5.07. The second-order valence-electron chi connectivity index (χ2n) is 6.88. The van der Waals surface area contributed by atoms with Crippen molar-refractivity contribution in [1.82, 2.24) is 9.21 Å². The third kappa shape index (κ3) is 4.80. The molecule has 0 aliphatic carbocycles. The lowest BCUT2D eigenvalue weighted by molar-refractivity contribution is -0.117. The second kappa shape index (κ2) is 8.29. The topological polar surface area (TPSA) is 69.7 Å². The van der Waals surface area contributed by atoms with Gasteiger partial charge in [-0.25, -0.2) is 8.42 Å². The Balaban J connectivity index is 1.65. The lowest BCUT2D eigenvalue weighted by Crippen LogP contribution is -2.37. The first-order chi connectivity index (χ1) is 12.1. The highest BCUT2D eigenvalue weighted by atomic mass is 32.2. The third-order valence-corrected chi connectivity index (χ3v) is 6.78. The maximum atomic E-state index is 12.7. The molecule has 0 unspecified atom stereocenters. The van der Waals surface area contributed by atoms with Gasteiger partial charge in [0.25, 0.3) is 0 Å². The molecule has 0 atom stereocenters. The number of nitrogens with one attached hydrogen (secondary N) is 1. The highest BCUT2D eigenvalue weighted by Crippen LogP contribution is 2.23. The molecule has 1 N–H and O–H groups in total. The number of carbonyl (C=O) groups excluding carboxylic acids is 1. The highest BCUT2D eigenvalue weighted by molar-refractivity contribution is 7.89. The fraction of sp³-hybridized carbons (Fsp3) is 0.611. The summed E-state index contributed by atoms with van der Waals surface area (Å²) < 4.78 is 27.0. The number of nitrogens with zero attached hydrogens (tertiary/aromatic N) is 2. The Morgan fingerprint density at radius 2 is 1.60 bits per heavy atom. The van der Waals surface area contributed by atoms with Crippen LogP contribution in [0, 0.1) is 0 Å². The molecule has 138 valence electrons. The van der Waals surface area contributed by atoms with Gasteiger partial charge in [0.05, 0.1) is 11.4 Å². The van der Waals surface area contributed by atoms with Crippen LogP contribution in [0.15, 0.2) is 29.2 Å². The summed E-state index contributed by atoms with van der Waals surface area (Å²) in [6.45, 7) is 3.43. The van der Waals surface area contributed by atoms with Crippen LogP contribution in [0.5, 0.6) is 0 Å². The van der Waals surface area contributed by atoms with Gasteiger partial charge >= 0.3 is 0 Å². The third-order valence-electron chi connectivity index (χ3n) is 4.89. The molecule has 7 heteroatoms. The molecule has 0 spiro atoms. The predicted molar refractivity (Wildman–Crippen MR) is 98.0 cm³/mol. The minimum absolute atomic E-state index is 0.0885. The first-order valence-corrected chi connectivity index (χ1v) is 10.6. The van der Waals surface area contributed by atoms with E-state index >= 15 is 0 Å². The predicted octanol–water partition coefficient (Wildman–Crippen LogP) is 2.29. The van der Waals surface area contributed by atoms with Crippen molar-refractivity contribution in [2.45, 2.75) is 43.4 Å². The first kappa shape index (κ1) is 18.4. The number of sulfonamides is 1. The van der Waals surface area contributed by atoms with Crippen molar-refractivity contribution >= 4 is 21.6 Å². The van der Waals surface area contributed by atoms with E-state index in [0.29, 0.717) is 25.3 Å². The smallest absolute Gasteiger partial charge is 0.243 e.